The van der Waals surface area contributed by atoms with Crippen LogP contribution in [0.15, 0.2) is 66.7 Å². The van der Waals surface area contributed by atoms with Gasteiger partial charge in [0.1, 0.15) is 5.75 Å². The van der Waals surface area contributed by atoms with Crippen LogP contribution in [0.5, 0.6) is 5.75 Å². The fourth-order valence-electron chi connectivity index (χ4n) is 4.73. The van der Waals surface area contributed by atoms with Gasteiger partial charge in [0.05, 0.1) is 19.1 Å². The van der Waals surface area contributed by atoms with Gasteiger partial charge in [0.2, 0.25) is 11.8 Å². The summed E-state index contributed by atoms with van der Waals surface area (Å²) >= 11 is 0. The molecule has 5 nitrogen and oxygen atoms in total. The van der Waals surface area contributed by atoms with Crippen molar-refractivity contribution in [3.05, 3.63) is 89.0 Å². The quantitative estimate of drug-likeness (QED) is 0.548. The lowest BCUT2D eigenvalue weighted by Crippen LogP contribution is -2.47. The maximum absolute atomic E-state index is 13.6. The predicted molar refractivity (Wildman–Crippen MR) is 132 cm³/mol. The zero-order valence-electron chi connectivity index (χ0n) is 19.6. The Bertz CT molecular complexity index is 1150. The molecule has 1 heterocycles. The summed E-state index contributed by atoms with van der Waals surface area (Å²) in [5.41, 5.74) is 5.68. The molecule has 0 saturated carbocycles. The van der Waals surface area contributed by atoms with Crippen LogP contribution in [0.3, 0.4) is 0 Å². The number of methoxy groups -OCH3 is 1. The second-order valence-electron chi connectivity index (χ2n) is 8.80. The lowest BCUT2D eigenvalue weighted by atomic mass is 9.82. The third kappa shape index (κ3) is 4.77. The zero-order chi connectivity index (χ0) is 23.5. The van der Waals surface area contributed by atoms with Gasteiger partial charge in [-0.1, -0.05) is 42.0 Å². The van der Waals surface area contributed by atoms with Gasteiger partial charge in [-0.2, -0.15) is 0 Å². The number of hydrogen-bond acceptors (Lipinski definition) is 3. The molecule has 2 unspecified atom stereocenters. The van der Waals surface area contributed by atoms with E-state index in [0.29, 0.717) is 18.6 Å². The van der Waals surface area contributed by atoms with Crippen LogP contribution in [0, 0.1) is 26.7 Å². The molecule has 0 aromatic heterocycles. The molecule has 170 valence electrons. The molecule has 0 radical (unpaired) electrons. The van der Waals surface area contributed by atoms with Gasteiger partial charge in [0.25, 0.3) is 0 Å². The lowest BCUT2D eigenvalue weighted by molar-refractivity contribution is -0.125. The average Bonchev–Trinajstić information content (AvgIpc) is 2.78. The third-order valence-corrected chi connectivity index (χ3v) is 6.19. The van der Waals surface area contributed by atoms with E-state index >= 15 is 0 Å². The van der Waals surface area contributed by atoms with E-state index in [9.17, 15) is 9.59 Å². The van der Waals surface area contributed by atoms with Gasteiger partial charge in [-0.05, 0) is 68.7 Å². The first kappa shape index (κ1) is 22.6. The van der Waals surface area contributed by atoms with E-state index in [-0.39, 0.29) is 11.8 Å². The second kappa shape index (κ2) is 9.49. The van der Waals surface area contributed by atoms with Gasteiger partial charge in [0.15, 0.2) is 0 Å². The van der Waals surface area contributed by atoms with Gasteiger partial charge in [-0.15, -0.1) is 0 Å². The average molecular weight is 443 g/mol. The maximum atomic E-state index is 13.6. The molecule has 0 spiro atoms. The first-order valence-corrected chi connectivity index (χ1v) is 11.3. The van der Waals surface area contributed by atoms with Crippen LogP contribution in [0.4, 0.5) is 11.4 Å². The smallest absolute Gasteiger partial charge is 0.229 e. The van der Waals surface area contributed by atoms with Crippen molar-refractivity contribution in [3.8, 4) is 5.75 Å². The minimum absolute atomic E-state index is 0.00482. The molecular formula is C28H30N2O3. The van der Waals surface area contributed by atoms with Crippen molar-refractivity contribution in [2.45, 2.75) is 39.7 Å². The number of para-hydroxylation sites is 1. The molecule has 3 aromatic rings. The molecule has 0 bridgehead atoms. The number of anilines is 2. The molecule has 1 aliphatic heterocycles. The normalized spacial score (nSPS) is 18.2. The largest absolute Gasteiger partial charge is 0.496 e. The van der Waals surface area contributed by atoms with Gasteiger partial charge in [0, 0.05) is 23.4 Å². The van der Waals surface area contributed by atoms with Crippen molar-refractivity contribution in [1.29, 1.82) is 0 Å². The number of hydrogen-bond donors (Lipinski definition) is 1. The highest BCUT2D eigenvalue weighted by Gasteiger charge is 2.42. The van der Waals surface area contributed by atoms with Crippen LogP contribution >= 0.6 is 0 Å². The van der Waals surface area contributed by atoms with E-state index < -0.39 is 12.0 Å². The van der Waals surface area contributed by atoms with E-state index in [1.807, 2.05) is 81.4 Å². The number of nitrogens with zero attached hydrogens (tertiary/aromatic N) is 1. The molecule has 1 N–H and O–H groups in total. The van der Waals surface area contributed by atoms with Crippen molar-refractivity contribution >= 4 is 23.2 Å². The number of carbonyl (C=O) groups excluding carboxylic acids is 2. The molecule has 2 atom stereocenters. The topological polar surface area (TPSA) is 58.6 Å². The molecule has 2 amide bonds. The molecule has 1 saturated heterocycles. The highest BCUT2D eigenvalue weighted by atomic mass is 16.5. The summed E-state index contributed by atoms with van der Waals surface area (Å²) in [5, 5.41) is 3.11. The van der Waals surface area contributed by atoms with Gasteiger partial charge < -0.3 is 15.0 Å². The number of aryl methyl sites for hydroxylation is 3. The maximum Gasteiger partial charge on any atom is 0.229 e. The Labute approximate surface area is 195 Å². The number of nitrogens with one attached hydrogen (secondary N) is 1. The molecule has 0 aliphatic carbocycles. The first-order chi connectivity index (χ1) is 15.9. The summed E-state index contributed by atoms with van der Waals surface area (Å²) in [5.74, 6) is 0.144. The van der Waals surface area contributed by atoms with Crippen molar-refractivity contribution in [2.24, 2.45) is 5.92 Å². The number of carbonyl (C=O) groups is 2. The second-order valence-corrected chi connectivity index (χ2v) is 8.80. The summed E-state index contributed by atoms with van der Waals surface area (Å²) < 4.78 is 5.65. The van der Waals surface area contributed by atoms with Crippen molar-refractivity contribution in [3.63, 3.8) is 0 Å². The minimum atomic E-state index is -0.476. The Morgan fingerprint density at radius 2 is 1.61 bits per heavy atom. The highest BCUT2D eigenvalue weighted by molar-refractivity contribution is 6.00. The standard InChI is InChI=1S/C28H30N2O3/c1-18-9-11-22(12-10-18)30-26(31)14-13-24(27(30)23-7-5-6-8-25(23)33-4)28(32)29-21-16-19(2)15-20(3)17-21/h5-12,15-17,24,27H,13-14H2,1-4H3,(H,29,32). The monoisotopic (exact) mass is 442 g/mol. The van der Waals surface area contributed by atoms with Crippen molar-refractivity contribution < 1.29 is 14.3 Å². The minimum Gasteiger partial charge on any atom is -0.496 e. The van der Waals surface area contributed by atoms with Crippen molar-refractivity contribution in [1.82, 2.24) is 0 Å². The Hall–Kier alpha value is -3.60. The SMILES string of the molecule is COc1ccccc1C1C(C(=O)Nc2cc(C)cc(C)c2)CCC(=O)N1c1ccc(C)cc1. The number of rotatable bonds is 5. The fourth-order valence-corrected chi connectivity index (χ4v) is 4.73. The van der Waals surface area contributed by atoms with Crippen molar-refractivity contribution in [2.75, 3.05) is 17.3 Å². The lowest BCUT2D eigenvalue weighted by Gasteiger charge is -2.41. The van der Waals surface area contributed by atoms with Crippen LogP contribution in [-0.2, 0) is 9.59 Å². The Balaban J connectivity index is 1.78. The molecule has 4 rings (SSSR count). The Morgan fingerprint density at radius 3 is 2.27 bits per heavy atom. The number of amides is 2. The molecule has 33 heavy (non-hydrogen) atoms. The van der Waals surface area contributed by atoms with Crippen LogP contribution in [0.25, 0.3) is 0 Å². The Kier molecular flexibility index (Phi) is 6.50. The summed E-state index contributed by atoms with van der Waals surface area (Å²) in [6.07, 6.45) is 0.783. The zero-order valence-corrected chi connectivity index (χ0v) is 19.6. The van der Waals surface area contributed by atoms with E-state index in [1.54, 1.807) is 12.0 Å². The number of piperidine rings is 1. The molecule has 1 aliphatic rings. The van der Waals surface area contributed by atoms with Gasteiger partial charge in [-0.25, -0.2) is 0 Å². The van der Waals surface area contributed by atoms with Gasteiger partial charge in [-0.3, -0.25) is 9.59 Å². The van der Waals surface area contributed by atoms with Crippen LogP contribution < -0.4 is 15.0 Å². The summed E-state index contributed by atoms with van der Waals surface area (Å²) in [6.45, 7) is 6.04. The summed E-state index contributed by atoms with van der Waals surface area (Å²) in [7, 11) is 1.62. The van der Waals surface area contributed by atoms with Crippen LogP contribution in [0.1, 0.15) is 41.1 Å². The molecule has 3 aromatic carbocycles. The van der Waals surface area contributed by atoms with Gasteiger partial charge >= 0.3 is 0 Å². The van der Waals surface area contributed by atoms with E-state index in [4.69, 9.17) is 4.74 Å². The summed E-state index contributed by atoms with van der Waals surface area (Å²) in [6, 6.07) is 21.0. The van der Waals surface area contributed by atoms with E-state index in [1.165, 1.54) is 0 Å². The Morgan fingerprint density at radius 1 is 0.939 bits per heavy atom. The molecule has 1 fully saturated rings. The summed E-state index contributed by atoms with van der Waals surface area (Å²) in [4.78, 5) is 28.6. The number of benzene rings is 3. The van der Waals surface area contributed by atoms with Crippen LogP contribution in [-0.4, -0.2) is 18.9 Å². The molecular weight excluding hydrogens is 412 g/mol. The van der Waals surface area contributed by atoms with E-state index in [2.05, 4.69) is 11.4 Å². The highest BCUT2D eigenvalue weighted by Crippen LogP contribution is 2.43. The van der Waals surface area contributed by atoms with E-state index in [0.717, 1.165) is 33.6 Å². The van der Waals surface area contributed by atoms with Crippen LogP contribution in [0.2, 0.25) is 0 Å². The molecule has 5 heteroatoms. The first-order valence-electron chi connectivity index (χ1n) is 11.3. The number of ether oxygens (including phenoxy) is 1. The predicted octanol–water partition coefficient (Wildman–Crippen LogP) is 5.74. The third-order valence-electron chi connectivity index (χ3n) is 6.19. The fraction of sp³-hybridized carbons (Fsp3) is 0.286.